The Bertz CT molecular complexity index is 441. The van der Waals surface area contributed by atoms with E-state index in [1.807, 2.05) is 0 Å². The lowest BCUT2D eigenvalue weighted by atomic mass is 9.71. The van der Waals surface area contributed by atoms with Crippen LogP contribution in [0, 0.1) is 5.41 Å². The van der Waals surface area contributed by atoms with Gasteiger partial charge in [-0.1, -0.05) is 26.0 Å². The number of benzene rings is 1. The third kappa shape index (κ3) is 3.01. The molecule has 20 heavy (non-hydrogen) atoms. The van der Waals surface area contributed by atoms with Crippen molar-refractivity contribution in [2.45, 2.75) is 70.4 Å². The van der Waals surface area contributed by atoms with Crippen LogP contribution >= 0.6 is 0 Å². The fraction of sp³-hybridized carbons (Fsp3) is 0.667. The van der Waals surface area contributed by atoms with Crippen LogP contribution in [-0.2, 0) is 0 Å². The molecule has 2 nitrogen and oxygen atoms in total. The second-order valence-electron chi connectivity index (χ2n) is 7.46. The molecule has 2 aliphatic rings. The molecule has 1 aromatic carbocycles. The predicted molar refractivity (Wildman–Crippen MR) is 84.1 cm³/mol. The summed E-state index contributed by atoms with van der Waals surface area (Å²) in [5.41, 5.74) is 3.17. The molecule has 0 saturated heterocycles. The molecule has 3 rings (SSSR count). The van der Waals surface area contributed by atoms with Crippen LogP contribution in [0.25, 0.3) is 0 Å². The molecule has 2 aliphatic carbocycles. The van der Waals surface area contributed by atoms with Crippen molar-refractivity contribution in [1.82, 2.24) is 0 Å². The van der Waals surface area contributed by atoms with E-state index in [-0.39, 0.29) is 12.1 Å². The van der Waals surface area contributed by atoms with Crippen molar-refractivity contribution >= 4 is 5.69 Å². The normalized spacial score (nSPS) is 29.8. The third-order valence-electron chi connectivity index (χ3n) is 5.31. The summed E-state index contributed by atoms with van der Waals surface area (Å²) < 4.78 is 0. The van der Waals surface area contributed by atoms with Gasteiger partial charge in [-0.05, 0) is 67.6 Å². The fourth-order valence-corrected chi connectivity index (χ4v) is 3.45. The molecule has 2 unspecified atom stereocenters. The van der Waals surface area contributed by atoms with E-state index in [1.54, 1.807) is 0 Å². The summed E-state index contributed by atoms with van der Waals surface area (Å²) in [6, 6.07) is 9.17. The van der Waals surface area contributed by atoms with Gasteiger partial charge in [-0.25, -0.2) is 0 Å². The van der Waals surface area contributed by atoms with E-state index >= 15 is 0 Å². The van der Waals surface area contributed by atoms with Gasteiger partial charge in [0.25, 0.3) is 0 Å². The lowest BCUT2D eigenvalue weighted by Crippen LogP contribution is -2.42. The van der Waals surface area contributed by atoms with E-state index in [0.29, 0.717) is 5.41 Å². The first kappa shape index (κ1) is 13.9. The van der Waals surface area contributed by atoms with Gasteiger partial charge in [0.05, 0.1) is 12.1 Å². The van der Waals surface area contributed by atoms with Crippen LogP contribution in [0.15, 0.2) is 24.3 Å². The Kier molecular flexibility index (Phi) is 3.76. The molecular weight excluding hydrogens is 246 g/mol. The predicted octanol–water partition coefficient (Wildman–Crippen LogP) is 4.31. The van der Waals surface area contributed by atoms with Gasteiger partial charge in [-0.15, -0.1) is 0 Å². The summed E-state index contributed by atoms with van der Waals surface area (Å²) in [5, 5.41) is 13.0. The summed E-state index contributed by atoms with van der Waals surface area (Å²) in [5.74, 6) is 0.742. The van der Waals surface area contributed by atoms with E-state index in [9.17, 15) is 5.11 Å². The molecule has 0 aromatic heterocycles. The van der Waals surface area contributed by atoms with Gasteiger partial charge in [-0.3, -0.25) is 0 Å². The van der Waals surface area contributed by atoms with Gasteiger partial charge in [0, 0.05) is 5.69 Å². The maximum Gasteiger partial charge on any atom is 0.0741 e. The molecule has 2 fully saturated rings. The van der Waals surface area contributed by atoms with E-state index in [2.05, 4.69) is 43.4 Å². The van der Waals surface area contributed by atoms with E-state index in [0.717, 1.165) is 24.4 Å². The molecule has 2 N–H and O–H groups in total. The maximum absolute atomic E-state index is 9.61. The largest absolute Gasteiger partial charge is 0.391 e. The van der Waals surface area contributed by atoms with Gasteiger partial charge in [0.15, 0.2) is 0 Å². The quantitative estimate of drug-likeness (QED) is 0.860. The Balaban J connectivity index is 1.59. The summed E-state index contributed by atoms with van der Waals surface area (Å²) in [6.07, 6.45) is 7.18. The van der Waals surface area contributed by atoms with Gasteiger partial charge in [-0.2, -0.15) is 0 Å². The highest BCUT2D eigenvalue weighted by molar-refractivity contribution is 5.46. The lowest BCUT2D eigenvalue weighted by molar-refractivity contribution is 0.0786. The topological polar surface area (TPSA) is 32.3 Å². The molecule has 0 bridgehead atoms. The van der Waals surface area contributed by atoms with Crippen molar-refractivity contribution in [2.24, 2.45) is 5.41 Å². The lowest BCUT2D eigenvalue weighted by Gasteiger charge is -2.35. The summed E-state index contributed by atoms with van der Waals surface area (Å²) in [6.45, 7) is 4.78. The molecule has 0 aliphatic heterocycles. The number of anilines is 1. The highest BCUT2D eigenvalue weighted by atomic mass is 16.3. The summed E-state index contributed by atoms with van der Waals surface area (Å²) in [4.78, 5) is 0. The van der Waals surface area contributed by atoms with Crippen LogP contribution in [0.5, 0.6) is 0 Å². The SMILES string of the molecule is CC1(C)CCC(c2ccc(NC3CCC3O)cc2)CC1. The van der Waals surface area contributed by atoms with E-state index < -0.39 is 0 Å². The molecule has 0 heterocycles. The van der Waals surface area contributed by atoms with Crippen molar-refractivity contribution in [3.63, 3.8) is 0 Å². The summed E-state index contributed by atoms with van der Waals surface area (Å²) in [7, 11) is 0. The average Bonchev–Trinajstić information content (AvgIpc) is 2.44. The first-order chi connectivity index (χ1) is 9.53. The maximum atomic E-state index is 9.61. The van der Waals surface area contributed by atoms with Gasteiger partial charge in [0.2, 0.25) is 0 Å². The second-order valence-corrected chi connectivity index (χ2v) is 7.46. The van der Waals surface area contributed by atoms with Crippen molar-refractivity contribution < 1.29 is 5.11 Å². The molecular formula is C18H27NO. The molecule has 110 valence electrons. The van der Waals surface area contributed by atoms with Crippen LogP contribution in [0.2, 0.25) is 0 Å². The number of aliphatic hydroxyl groups excluding tert-OH is 1. The molecule has 1 aromatic rings. The average molecular weight is 273 g/mol. The Labute approximate surface area is 122 Å². The van der Waals surface area contributed by atoms with E-state index in [4.69, 9.17) is 0 Å². The molecule has 0 spiro atoms. The molecule has 2 atom stereocenters. The zero-order valence-corrected chi connectivity index (χ0v) is 12.7. The molecule has 2 saturated carbocycles. The van der Waals surface area contributed by atoms with Gasteiger partial charge in [0.1, 0.15) is 0 Å². The zero-order chi connectivity index (χ0) is 14.2. The molecule has 2 heteroatoms. The van der Waals surface area contributed by atoms with Crippen LogP contribution in [0.3, 0.4) is 0 Å². The smallest absolute Gasteiger partial charge is 0.0741 e. The second kappa shape index (κ2) is 5.40. The zero-order valence-electron chi connectivity index (χ0n) is 12.7. The minimum atomic E-state index is -0.157. The number of hydrogen-bond acceptors (Lipinski definition) is 2. The number of aliphatic hydroxyl groups is 1. The van der Waals surface area contributed by atoms with Crippen molar-refractivity contribution in [2.75, 3.05) is 5.32 Å². The van der Waals surface area contributed by atoms with Crippen LogP contribution in [-0.4, -0.2) is 17.3 Å². The Morgan fingerprint density at radius 3 is 2.15 bits per heavy atom. The minimum Gasteiger partial charge on any atom is -0.391 e. The first-order valence-corrected chi connectivity index (χ1v) is 8.08. The van der Waals surface area contributed by atoms with Gasteiger partial charge >= 0.3 is 0 Å². The van der Waals surface area contributed by atoms with Crippen molar-refractivity contribution in [1.29, 1.82) is 0 Å². The monoisotopic (exact) mass is 273 g/mol. The van der Waals surface area contributed by atoms with E-state index in [1.165, 1.54) is 31.2 Å². The Hall–Kier alpha value is -1.02. The molecule has 0 amide bonds. The molecule has 0 radical (unpaired) electrons. The third-order valence-corrected chi connectivity index (χ3v) is 5.31. The van der Waals surface area contributed by atoms with Gasteiger partial charge < -0.3 is 10.4 Å². The minimum absolute atomic E-state index is 0.157. The fourth-order valence-electron chi connectivity index (χ4n) is 3.45. The first-order valence-electron chi connectivity index (χ1n) is 8.08. The highest BCUT2D eigenvalue weighted by Gasteiger charge is 2.29. The van der Waals surface area contributed by atoms with Crippen LogP contribution < -0.4 is 5.32 Å². The standard InChI is InChI=1S/C18H27NO/c1-18(2)11-9-14(10-12-18)13-3-5-15(6-4-13)19-16-7-8-17(16)20/h3-6,14,16-17,19-20H,7-12H2,1-2H3. The number of nitrogens with one attached hydrogen (secondary N) is 1. The Morgan fingerprint density at radius 2 is 1.65 bits per heavy atom. The van der Waals surface area contributed by atoms with Crippen molar-refractivity contribution in [3.05, 3.63) is 29.8 Å². The Morgan fingerprint density at radius 1 is 1.00 bits per heavy atom. The summed E-state index contributed by atoms with van der Waals surface area (Å²) >= 11 is 0. The number of hydrogen-bond donors (Lipinski definition) is 2. The van der Waals surface area contributed by atoms with Crippen molar-refractivity contribution in [3.8, 4) is 0 Å². The van der Waals surface area contributed by atoms with Crippen LogP contribution in [0.4, 0.5) is 5.69 Å². The highest BCUT2D eigenvalue weighted by Crippen LogP contribution is 2.42. The van der Waals surface area contributed by atoms with Crippen LogP contribution in [0.1, 0.15) is 63.9 Å². The number of rotatable bonds is 3.